The minimum atomic E-state index is -1.41. The molecule has 0 saturated heterocycles. The average molecular weight is 277 g/mol. The third-order valence-corrected chi connectivity index (χ3v) is 2.53. The predicted molar refractivity (Wildman–Crippen MR) is 67.0 cm³/mol. The van der Waals surface area contributed by atoms with Crippen LogP contribution in [0.2, 0.25) is 0 Å². The van der Waals surface area contributed by atoms with Gasteiger partial charge in [0.05, 0.1) is 5.56 Å². The van der Waals surface area contributed by atoms with Crippen LogP contribution >= 0.6 is 0 Å². The summed E-state index contributed by atoms with van der Waals surface area (Å²) in [5, 5.41) is 0. The van der Waals surface area contributed by atoms with Crippen LogP contribution in [0.25, 0.3) is 0 Å². The Kier molecular flexibility index (Phi) is 3.74. The van der Waals surface area contributed by atoms with Crippen LogP contribution in [0, 0.1) is 11.6 Å². The molecule has 2 aromatic rings. The molecule has 102 valence electrons. The molecule has 0 radical (unpaired) electrons. The summed E-state index contributed by atoms with van der Waals surface area (Å²) < 4.78 is 31.1. The van der Waals surface area contributed by atoms with E-state index in [0.717, 1.165) is 18.2 Å². The zero-order valence-corrected chi connectivity index (χ0v) is 10.1. The van der Waals surface area contributed by atoms with Crippen LogP contribution in [0.5, 0.6) is 0 Å². The van der Waals surface area contributed by atoms with Crippen LogP contribution in [-0.2, 0) is 4.74 Å². The second kappa shape index (κ2) is 5.48. The summed E-state index contributed by atoms with van der Waals surface area (Å²) in [5.74, 6) is -4.70. The van der Waals surface area contributed by atoms with Gasteiger partial charge in [0, 0.05) is 5.69 Å². The van der Waals surface area contributed by atoms with E-state index in [4.69, 9.17) is 5.73 Å². The fourth-order valence-electron chi connectivity index (χ4n) is 1.57. The van der Waals surface area contributed by atoms with Crippen molar-refractivity contribution >= 4 is 17.6 Å². The first kappa shape index (κ1) is 13.7. The number of benzene rings is 2. The maximum absolute atomic E-state index is 13.4. The molecule has 0 heterocycles. The molecule has 0 aromatic heterocycles. The number of rotatable bonds is 2. The Hall–Kier alpha value is -2.76. The molecule has 0 aliphatic carbocycles. The lowest BCUT2D eigenvalue weighted by molar-refractivity contribution is 0.0392. The maximum Gasteiger partial charge on any atom is 0.352 e. The molecular weight excluding hydrogens is 268 g/mol. The molecule has 0 amide bonds. The second-order valence-corrected chi connectivity index (χ2v) is 3.86. The van der Waals surface area contributed by atoms with E-state index in [-0.39, 0.29) is 11.3 Å². The van der Waals surface area contributed by atoms with Crippen LogP contribution in [-0.4, -0.2) is 11.9 Å². The summed E-state index contributed by atoms with van der Waals surface area (Å²) in [5.41, 5.74) is 4.65. The molecule has 0 bridgehead atoms. The number of anilines is 1. The molecule has 0 saturated carbocycles. The average Bonchev–Trinajstić information content (AvgIpc) is 2.38. The minimum absolute atomic E-state index is 0.0578. The van der Waals surface area contributed by atoms with Gasteiger partial charge < -0.3 is 10.5 Å². The highest BCUT2D eigenvalue weighted by molar-refractivity contribution is 6.05. The van der Waals surface area contributed by atoms with E-state index in [1.165, 1.54) is 18.2 Å². The highest BCUT2D eigenvalue weighted by Gasteiger charge is 2.22. The third-order valence-electron chi connectivity index (χ3n) is 2.53. The summed E-state index contributed by atoms with van der Waals surface area (Å²) in [7, 11) is 0. The number of halogens is 2. The maximum atomic E-state index is 13.4. The van der Waals surface area contributed by atoms with Gasteiger partial charge in [0.25, 0.3) is 0 Å². The van der Waals surface area contributed by atoms with Crippen molar-refractivity contribution in [2.45, 2.75) is 0 Å². The van der Waals surface area contributed by atoms with Gasteiger partial charge in [-0.25, -0.2) is 18.4 Å². The number of esters is 2. The lowest BCUT2D eigenvalue weighted by atomic mass is 10.2. The lowest BCUT2D eigenvalue weighted by Gasteiger charge is -2.06. The lowest BCUT2D eigenvalue weighted by Crippen LogP contribution is -2.16. The minimum Gasteiger partial charge on any atom is -0.398 e. The number of ether oxygens (including phenoxy) is 1. The van der Waals surface area contributed by atoms with Gasteiger partial charge in [0.15, 0.2) is 0 Å². The summed E-state index contributed by atoms with van der Waals surface area (Å²) in [6.07, 6.45) is 0. The Morgan fingerprint density at radius 3 is 2.10 bits per heavy atom. The van der Waals surface area contributed by atoms with E-state index < -0.39 is 29.1 Å². The number of carbonyl (C=O) groups is 2. The largest absolute Gasteiger partial charge is 0.398 e. The van der Waals surface area contributed by atoms with E-state index in [1.807, 2.05) is 0 Å². The highest BCUT2D eigenvalue weighted by atomic mass is 19.1. The molecule has 2 N–H and O–H groups in total. The zero-order valence-electron chi connectivity index (χ0n) is 10.1. The Morgan fingerprint density at radius 2 is 1.50 bits per heavy atom. The molecule has 0 aliphatic heterocycles. The van der Waals surface area contributed by atoms with Crippen molar-refractivity contribution in [2.24, 2.45) is 0 Å². The fraction of sp³-hybridized carbons (Fsp3) is 0. The van der Waals surface area contributed by atoms with Crippen LogP contribution in [0.4, 0.5) is 14.5 Å². The quantitative estimate of drug-likeness (QED) is 0.520. The van der Waals surface area contributed by atoms with Crippen LogP contribution in [0.15, 0.2) is 42.5 Å². The Balaban J connectivity index is 2.25. The van der Waals surface area contributed by atoms with Crippen LogP contribution in [0.3, 0.4) is 0 Å². The van der Waals surface area contributed by atoms with Gasteiger partial charge in [-0.05, 0) is 24.3 Å². The third kappa shape index (κ3) is 2.64. The van der Waals surface area contributed by atoms with Gasteiger partial charge in [-0.3, -0.25) is 0 Å². The van der Waals surface area contributed by atoms with Crippen molar-refractivity contribution in [1.82, 2.24) is 0 Å². The van der Waals surface area contributed by atoms with Crippen molar-refractivity contribution in [3.05, 3.63) is 65.2 Å². The Labute approximate surface area is 112 Å². The van der Waals surface area contributed by atoms with Gasteiger partial charge in [0.2, 0.25) is 0 Å². The molecular formula is C14H9F2NO3. The van der Waals surface area contributed by atoms with E-state index in [9.17, 15) is 18.4 Å². The number of nitrogen functional groups attached to an aromatic ring is 1. The van der Waals surface area contributed by atoms with Gasteiger partial charge >= 0.3 is 11.9 Å². The topological polar surface area (TPSA) is 69.4 Å². The Bertz CT molecular complexity index is 666. The summed E-state index contributed by atoms with van der Waals surface area (Å²) in [6.45, 7) is 0. The van der Waals surface area contributed by atoms with Crippen molar-refractivity contribution in [3.63, 3.8) is 0 Å². The number of carbonyl (C=O) groups excluding carboxylic acids is 2. The van der Waals surface area contributed by atoms with Gasteiger partial charge in [0.1, 0.15) is 17.2 Å². The molecule has 2 aromatic carbocycles. The molecule has 0 atom stereocenters. The fourth-order valence-corrected chi connectivity index (χ4v) is 1.57. The summed E-state index contributed by atoms with van der Waals surface area (Å²) in [6, 6.07) is 8.75. The molecule has 0 aliphatic rings. The van der Waals surface area contributed by atoms with E-state index in [2.05, 4.69) is 4.74 Å². The van der Waals surface area contributed by atoms with Crippen molar-refractivity contribution in [2.75, 3.05) is 5.73 Å². The predicted octanol–water partition coefficient (Wildman–Crippen LogP) is 2.54. The second-order valence-electron chi connectivity index (χ2n) is 3.86. The molecule has 0 fully saturated rings. The monoisotopic (exact) mass is 277 g/mol. The highest BCUT2D eigenvalue weighted by Crippen LogP contribution is 2.16. The van der Waals surface area contributed by atoms with Crippen LogP contribution < -0.4 is 5.73 Å². The summed E-state index contributed by atoms with van der Waals surface area (Å²) >= 11 is 0. The molecule has 4 nitrogen and oxygen atoms in total. The van der Waals surface area contributed by atoms with E-state index in [0.29, 0.717) is 0 Å². The van der Waals surface area contributed by atoms with Gasteiger partial charge in [-0.15, -0.1) is 0 Å². The number of nitrogens with two attached hydrogens (primary N) is 1. The first-order valence-electron chi connectivity index (χ1n) is 5.55. The Morgan fingerprint density at radius 1 is 0.900 bits per heavy atom. The van der Waals surface area contributed by atoms with Crippen molar-refractivity contribution in [1.29, 1.82) is 0 Å². The number of para-hydroxylation sites is 1. The first-order valence-corrected chi connectivity index (χ1v) is 5.55. The van der Waals surface area contributed by atoms with Gasteiger partial charge in [-0.2, -0.15) is 0 Å². The van der Waals surface area contributed by atoms with Crippen molar-refractivity contribution in [3.8, 4) is 0 Å². The first-order chi connectivity index (χ1) is 9.50. The van der Waals surface area contributed by atoms with E-state index >= 15 is 0 Å². The zero-order chi connectivity index (χ0) is 14.7. The standard InChI is InChI=1S/C14H9F2NO3/c15-9-5-3-6-10(16)12(9)14(19)20-13(18)8-4-1-2-7-11(8)17/h1-7H,17H2. The molecule has 20 heavy (non-hydrogen) atoms. The smallest absolute Gasteiger partial charge is 0.352 e. The molecule has 0 unspecified atom stereocenters. The van der Waals surface area contributed by atoms with E-state index in [1.54, 1.807) is 6.07 Å². The SMILES string of the molecule is Nc1ccccc1C(=O)OC(=O)c1c(F)cccc1F. The van der Waals surface area contributed by atoms with Crippen LogP contribution in [0.1, 0.15) is 20.7 Å². The number of hydrogen-bond acceptors (Lipinski definition) is 4. The van der Waals surface area contributed by atoms with Crippen molar-refractivity contribution < 1.29 is 23.1 Å². The van der Waals surface area contributed by atoms with Gasteiger partial charge in [-0.1, -0.05) is 18.2 Å². The number of hydrogen-bond donors (Lipinski definition) is 1. The molecule has 0 spiro atoms. The molecule has 6 heteroatoms. The summed E-state index contributed by atoms with van der Waals surface area (Å²) in [4.78, 5) is 23.3. The normalized spacial score (nSPS) is 10.1. The molecule has 2 rings (SSSR count).